The molecule has 1 atom stereocenters. The first-order valence-electron chi connectivity index (χ1n) is 4.89. The summed E-state index contributed by atoms with van der Waals surface area (Å²) in [6.07, 6.45) is 0.956. The summed E-state index contributed by atoms with van der Waals surface area (Å²) in [7, 11) is 1.48. The molecule has 0 aromatic heterocycles. The van der Waals surface area contributed by atoms with Crippen LogP contribution in [-0.2, 0) is 4.74 Å². The molecule has 0 aliphatic heterocycles. The minimum absolute atomic E-state index is 0.242. The summed E-state index contributed by atoms with van der Waals surface area (Å²) in [5, 5.41) is 9.18. The van der Waals surface area contributed by atoms with Crippen LogP contribution in [0.3, 0.4) is 0 Å². The number of hydrogen-bond acceptors (Lipinski definition) is 3. The van der Waals surface area contributed by atoms with Crippen molar-refractivity contribution in [1.29, 1.82) is 0 Å². The first-order chi connectivity index (χ1) is 7.72. The highest BCUT2D eigenvalue weighted by molar-refractivity contribution is 5.35. The van der Waals surface area contributed by atoms with Crippen LogP contribution in [0.2, 0.25) is 0 Å². The molecule has 3 nitrogen and oxygen atoms in total. The molecule has 0 aliphatic rings. The van der Waals surface area contributed by atoms with E-state index in [1.165, 1.54) is 25.3 Å². The number of rotatable bonds is 6. The average molecular weight is 226 g/mol. The summed E-state index contributed by atoms with van der Waals surface area (Å²) < 4.78 is 23.5. The summed E-state index contributed by atoms with van der Waals surface area (Å²) in [5.41, 5.74) is 0.492. The Labute approximate surface area is 94.1 Å². The molecule has 0 amide bonds. The van der Waals surface area contributed by atoms with E-state index in [0.717, 1.165) is 0 Å². The van der Waals surface area contributed by atoms with Crippen molar-refractivity contribution in [2.24, 2.45) is 0 Å². The van der Waals surface area contributed by atoms with Gasteiger partial charge in [-0.1, -0.05) is 6.08 Å². The van der Waals surface area contributed by atoms with E-state index >= 15 is 0 Å². The van der Waals surface area contributed by atoms with Crippen LogP contribution in [0, 0.1) is 5.82 Å². The van der Waals surface area contributed by atoms with Crippen LogP contribution in [0.15, 0.2) is 30.9 Å². The minimum Gasteiger partial charge on any atom is -0.496 e. The Balaban J connectivity index is 2.96. The summed E-state index contributed by atoms with van der Waals surface area (Å²) >= 11 is 0. The summed E-state index contributed by atoms with van der Waals surface area (Å²) in [4.78, 5) is 0. The van der Waals surface area contributed by atoms with Crippen molar-refractivity contribution in [2.75, 3.05) is 20.3 Å². The fraction of sp³-hybridized carbons (Fsp3) is 0.333. The third-order valence-corrected chi connectivity index (χ3v) is 2.12. The highest BCUT2D eigenvalue weighted by atomic mass is 19.1. The maximum atomic E-state index is 13.1. The van der Waals surface area contributed by atoms with Crippen LogP contribution in [0.1, 0.15) is 11.7 Å². The van der Waals surface area contributed by atoms with E-state index in [-0.39, 0.29) is 13.2 Å². The van der Waals surface area contributed by atoms with E-state index in [1.807, 2.05) is 0 Å². The van der Waals surface area contributed by atoms with Gasteiger partial charge < -0.3 is 14.6 Å². The predicted molar refractivity (Wildman–Crippen MR) is 58.9 cm³/mol. The quantitative estimate of drug-likeness (QED) is 0.755. The van der Waals surface area contributed by atoms with Gasteiger partial charge in [0.15, 0.2) is 0 Å². The van der Waals surface area contributed by atoms with Crippen LogP contribution < -0.4 is 4.74 Å². The Kier molecular flexibility index (Phi) is 4.95. The molecule has 88 valence electrons. The Morgan fingerprint density at radius 2 is 2.31 bits per heavy atom. The molecule has 1 N–H and O–H groups in total. The fourth-order valence-electron chi connectivity index (χ4n) is 1.38. The maximum absolute atomic E-state index is 13.1. The number of aliphatic hydroxyl groups is 1. The molecular weight excluding hydrogens is 211 g/mol. The molecular formula is C12H15FO3. The number of aliphatic hydroxyl groups excluding tert-OH is 1. The van der Waals surface area contributed by atoms with Gasteiger partial charge in [-0.15, -0.1) is 6.58 Å². The topological polar surface area (TPSA) is 38.7 Å². The standard InChI is InChI=1S/C12H15FO3/c1-3-6-16-12(8-14)10-7-9(13)4-5-11(10)15-2/h3-5,7,12,14H,1,6,8H2,2H3/t12-/m0/s1. The van der Waals surface area contributed by atoms with Gasteiger partial charge in [-0.3, -0.25) is 0 Å². The second-order valence-electron chi connectivity index (χ2n) is 3.18. The van der Waals surface area contributed by atoms with E-state index in [2.05, 4.69) is 6.58 Å². The Bertz CT molecular complexity index is 352. The lowest BCUT2D eigenvalue weighted by atomic mass is 10.1. The first-order valence-corrected chi connectivity index (χ1v) is 4.89. The maximum Gasteiger partial charge on any atom is 0.124 e. The molecule has 16 heavy (non-hydrogen) atoms. The van der Waals surface area contributed by atoms with Gasteiger partial charge in [0.2, 0.25) is 0 Å². The van der Waals surface area contributed by atoms with Crippen LogP contribution in [-0.4, -0.2) is 25.4 Å². The van der Waals surface area contributed by atoms with Gasteiger partial charge in [-0.2, -0.15) is 0 Å². The van der Waals surface area contributed by atoms with Gasteiger partial charge in [-0.25, -0.2) is 4.39 Å². The molecule has 0 fully saturated rings. The number of benzene rings is 1. The van der Waals surface area contributed by atoms with Crippen molar-refractivity contribution in [3.05, 3.63) is 42.2 Å². The van der Waals surface area contributed by atoms with E-state index < -0.39 is 11.9 Å². The molecule has 0 aliphatic carbocycles. The molecule has 1 aromatic carbocycles. The third-order valence-electron chi connectivity index (χ3n) is 2.12. The molecule has 0 saturated carbocycles. The van der Waals surface area contributed by atoms with E-state index in [4.69, 9.17) is 9.47 Å². The SMILES string of the molecule is C=CCO[C@@H](CO)c1cc(F)ccc1OC. The molecule has 0 spiro atoms. The van der Waals surface area contributed by atoms with Gasteiger partial charge in [0.25, 0.3) is 0 Å². The lowest BCUT2D eigenvalue weighted by molar-refractivity contribution is 0.0259. The van der Waals surface area contributed by atoms with Crippen molar-refractivity contribution < 1.29 is 19.0 Å². The Hall–Kier alpha value is -1.39. The minimum atomic E-state index is -0.608. The van der Waals surface area contributed by atoms with Crippen molar-refractivity contribution in [2.45, 2.75) is 6.10 Å². The molecule has 0 heterocycles. The van der Waals surface area contributed by atoms with Crippen molar-refractivity contribution in [3.8, 4) is 5.75 Å². The molecule has 0 unspecified atom stereocenters. The molecule has 0 saturated heterocycles. The molecule has 1 rings (SSSR count). The zero-order valence-corrected chi connectivity index (χ0v) is 9.15. The number of halogens is 1. The van der Waals surface area contributed by atoms with Crippen molar-refractivity contribution in [3.63, 3.8) is 0 Å². The van der Waals surface area contributed by atoms with Crippen LogP contribution in [0.4, 0.5) is 4.39 Å². The molecule has 0 bridgehead atoms. The lowest BCUT2D eigenvalue weighted by Crippen LogP contribution is -2.10. The van der Waals surface area contributed by atoms with Crippen LogP contribution in [0.25, 0.3) is 0 Å². The average Bonchev–Trinajstić information content (AvgIpc) is 2.30. The van der Waals surface area contributed by atoms with Gasteiger partial charge in [0, 0.05) is 5.56 Å². The summed E-state index contributed by atoms with van der Waals surface area (Å²) in [5.74, 6) is 0.0981. The van der Waals surface area contributed by atoms with Gasteiger partial charge >= 0.3 is 0 Å². The second kappa shape index (κ2) is 6.25. The molecule has 4 heteroatoms. The Morgan fingerprint density at radius 1 is 1.56 bits per heavy atom. The van der Waals surface area contributed by atoms with E-state index in [0.29, 0.717) is 11.3 Å². The first kappa shape index (κ1) is 12.7. The summed E-state index contributed by atoms with van der Waals surface area (Å²) in [6.45, 7) is 3.55. The normalized spacial score (nSPS) is 12.2. The van der Waals surface area contributed by atoms with Crippen LogP contribution >= 0.6 is 0 Å². The largest absolute Gasteiger partial charge is 0.496 e. The fourth-order valence-corrected chi connectivity index (χ4v) is 1.38. The van der Waals surface area contributed by atoms with Gasteiger partial charge in [0.05, 0.1) is 20.3 Å². The van der Waals surface area contributed by atoms with Crippen molar-refractivity contribution >= 4 is 0 Å². The predicted octanol–water partition coefficient (Wildman–Crippen LogP) is 2.07. The zero-order valence-electron chi connectivity index (χ0n) is 9.15. The zero-order chi connectivity index (χ0) is 12.0. The third kappa shape index (κ3) is 3.05. The number of ether oxygens (including phenoxy) is 2. The van der Waals surface area contributed by atoms with Crippen molar-refractivity contribution in [1.82, 2.24) is 0 Å². The van der Waals surface area contributed by atoms with Gasteiger partial charge in [-0.05, 0) is 18.2 Å². The second-order valence-corrected chi connectivity index (χ2v) is 3.18. The molecule has 0 radical (unpaired) electrons. The Morgan fingerprint density at radius 3 is 2.88 bits per heavy atom. The highest BCUT2D eigenvalue weighted by Gasteiger charge is 2.16. The lowest BCUT2D eigenvalue weighted by Gasteiger charge is -2.17. The highest BCUT2D eigenvalue weighted by Crippen LogP contribution is 2.28. The monoisotopic (exact) mass is 226 g/mol. The molecule has 1 aromatic rings. The van der Waals surface area contributed by atoms with Crippen LogP contribution in [0.5, 0.6) is 5.75 Å². The van der Waals surface area contributed by atoms with E-state index in [9.17, 15) is 9.50 Å². The number of hydrogen-bond donors (Lipinski definition) is 1. The smallest absolute Gasteiger partial charge is 0.124 e. The summed E-state index contributed by atoms with van der Waals surface area (Å²) in [6, 6.07) is 4.09. The van der Waals surface area contributed by atoms with E-state index in [1.54, 1.807) is 6.08 Å². The van der Waals surface area contributed by atoms with Gasteiger partial charge in [0.1, 0.15) is 17.7 Å². The number of methoxy groups -OCH3 is 1.